The molecule has 8 nitrogen and oxygen atoms in total. The molecule has 0 atom stereocenters. The van der Waals surface area contributed by atoms with E-state index in [0.717, 1.165) is 18.8 Å². The van der Waals surface area contributed by atoms with Gasteiger partial charge in [-0.05, 0) is 18.2 Å². The van der Waals surface area contributed by atoms with Crippen molar-refractivity contribution in [2.45, 2.75) is 0 Å². The van der Waals surface area contributed by atoms with Crippen molar-refractivity contribution >= 4 is 23.6 Å². The maximum atomic E-state index is 11.6. The van der Waals surface area contributed by atoms with E-state index in [1.807, 2.05) is 6.07 Å². The molecular weight excluding hydrogens is 336 g/mol. The number of fused-ring (bicyclic) bond motifs is 1. The van der Waals surface area contributed by atoms with Crippen molar-refractivity contribution in [2.24, 2.45) is 0 Å². The number of benzene rings is 1. The predicted molar refractivity (Wildman–Crippen MR) is 93.8 cm³/mol. The summed E-state index contributed by atoms with van der Waals surface area (Å²) in [6.07, 6.45) is 2.36. The van der Waals surface area contributed by atoms with Crippen LogP contribution in [0.1, 0.15) is 20.8 Å². The van der Waals surface area contributed by atoms with Crippen LogP contribution in [-0.4, -0.2) is 58.3 Å². The van der Waals surface area contributed by atoms with Crippen molar-refractivity contribution in [3.8, 4) is 11.3 Å². The Kier molecular flexibility index (Phi) is 4.10. The van der Waals surface area contributed by atoms with Gasteiger partial charge >= 0.3 is 5.97 Å². The summed E-state index contributed by atoms with van der Waals surface area (Å²) >= 11 is 0. The van der Waals surface area contributed by atoms with Crippen LogP contribution in [0.25, 0.3) is 16.9 Å². The lowest BCUT2D eigenvalue weighted by molar-refractivity contribution is 0.0696. The van der Waals surface area contributed by atoms with Crippen LogP contribution in [-0.2, 0) is 4.74 Å². The van der Waals surface area contributed by atoms with Crippen molar-refractivity contribution in [3.63, 3.8) is 0 Å². The summed E-state index contributed by atoms with van der Waals surface area (Å²) < 4.78 is 7.02. The van der Waals surface area contributed by atoms with Crippen LogP contribution in [0.15, 0.2) is 36.5 Å². The number of hydrogen-bond donors (Lipinski definition) is 1. The number of anilines is 1. The summed E-state index contributed by atoms with van der Waals surface area (Å²) in [5.74, 6) is -1.00. The van der Waals surface area contributed by atoms with Crippen LogP contribution < -0.4 is 4.90 Å². The molecule has 0 bridgehead atoms. The lowest BCUT2D eigenvalue weighted by atomic mass is 10.1. The average Bonchev–Trinajstić information content (AvgIpc) is 3.07. The number of rotatable bonds is 4. The van der Waals surface area contributed by atoms with Gasteiger partial charge in [-0.25, -0.2) is 14.3 Å². The molecule has 0 aliphatic carbocycles. The first kappa shape index (κ1) is 16.2. The second-order valence-corrected chi connectivity index (χ2v) is 5.90. The van der Waals surface area contributed by atoms with E-state index >= 15 is 0 Å². The predicted octanol–water partition coefficient (Wildman–Crippen LogP) is 1.74. The first-order chi connectivity index (χ1) is 12.7. The molecule has 1 aliphatic heterocycles. The van der Waals surface area contributed by atoms with Crippen LogP contribution in [0, 0.1) is 0 Å². The number of carboxylic acid groups (broad SMARTS) is 1. The van der Waals surface area contributed by atoms with Crippen LogP contribution in [0.4, 0.5) is 5.69 Å². The Labute approximate surface area is 148 Å². The maximum absolute atomic E-state index is 11.6. The largest absolute Gasteiger partial charge is 0.478 e. The highest BCUT2D eigenvalue weighted by molar-refractivity contribution is 5.90. The fourth-order valence-corrected chi connectivity index (χ4v) is 3.13. The topological polar surface area (TPSA) is 97.0 Å². The highest BCUT2D eigenvalue weighted by Crippen LogP contribution is 2.29. The lowest BCUT2D eigenvalue weighted by Gasteiger charge is -2.28. The molecule has 1 saturated heterocycles. The molecule has 132 valence electrons. The third kappa shape index (κ3) is 2.70. The minimum atomic E-state index is -1.00. The molecular formula is C18H16N4O4. The number of carbonyl (C=O) groups excluding carboxylic acids is 1. The quantitative estimate of drug-likeness (QED) is 0.714. The number of ether oxygens (including phenoxy) is 1. The van der Waals surface area contributed by atoms with Crippen molar-refractivity contribution in [1.29, 1.82) is 0 Å². The van der Waals surface area contributed by atoms with E-state index in [1.165, 1.54) is 12.1 Å². The molecule has 0 unspecified atom stereocenters. The number of hydrogen-bond acceptors (Lipinski definition) is 6. The van der Waals surface area contributed by atoms with Crippen LogP contribution in [0.5, 0.6) is 0 Å². The van der Waals surface area contributed by atoms with Gasteiger partial charge in [-0.3, -0.25) is 4.79 Å². The molecule has 0 amide bonds. The molecule has 26 heavy (non-hydrogen) atoms. The molecule has 0 spiro atoms. The number of imidazole rings is 1. The lowest BCUT2D eigenvalue weighted by Crippen LogP contribution is -2.36. The van der Waals surface area contributed by atoms with Crippen molar-refractivity contribution < 1.29 is 19.4 Å². The minimum Gasteiger partial charge on any atom is -0.478 e. The van der Waals surface area contributed by atoms with Gasteiger partial charge in [0.25, 0.3) is 0 Å². The van der Waals surface area contributed by atoms with Gasteiger partial charge in [0.05, 0.1) is 30.7 Å². The van der Waals surface area contributed by atoms with Gasteiger partial charge in [0.2, 0.25) is 0 Å². The fraction of sp³-hybridized carbons (Fsp3) is 0.222. The Morgan fingerprint density at radius 1 is 1.15 bits per heavy atom. The summed E-state index contributed by atoms with van der Waals surface area (Å²) in [5, 5.41) is 13.4. The van der Waals surface area contributed by atoms with E-state index < -0.39 is 5.97 Å². The molecule has 3 heterocycles. The number of carbonyl (C=O) groups is 2. The van der Waals surface area contributed by atoms with E-state index in [4.69, 9.17) is 9.84 Å². The summed E-state index contributed by atoms with van der Waals surface area (Å²) in [6.45, 7) is 2.76. The summed E-state index contributed by atoms with van der Waals surface area (Å²) in [4.78, 5) is 29.3. The second kappa shape index (κ2) is 6.57. The number of nitrogens with zero attached hydrogens (tertiary/aromatic N) is 4. The number of aromatic carboxylic acids is 1. The molecule has 1 aliphatic rings. The number of morpholine rings is 1. The van der Waals surface area contributed by atoms with Gasteiger partial charge in [-0.2, -0.15) is 5.10 Å². The molecule has 1 aromatic carbocycles. The second-order valence-electron chi connectivity index (χ2n) is 5.90. The van der Waals surface area contributed by atoms with E-state index in [1.54, 1.807) is 22.8 Å². The smallest absolute Gasteiger partial charge is 0.335 e. The van der Waals surface area contributed by atoms with Crippen molar-refractivity contribution in [1.82, 2.24) is 14.6 Å². The van der Waals surface area contributed by atoms with Gasteiger partial charge in [-0.1, -0.05) is 12.1 Å². The summed E-state index contributed by atoms with van der Waals surface area (Å²) in [6, 6.07) is 8.18. The Balaban J connectivity index is 1.86. The van der Waals surface area contributed by atoms with E-state index in [-0.39, 0.29) is 11.3 Å². The fourth-order valence-electron chi connectivity index (χ4n) is 3.13. The zero-order chi connectivity index (χ0) is 18.1. The average molecular weight is 352 g/mol. The molecule has 0 radical (unpaired) electrons. The van der Waals surface area contributed by atoms with E-state index in [2.05, 4.69) is 15.0 Å². The number of aromatic nitrogens is 3. The molecule has 1 N–H and O–H groups in total. The zero-order valence-corrected chi connectivity index (χ0v) is 13.8. The minimum absolute atomic E-state index is 0.178. The van der Waals surface area contributed by atoms with Crippen LogP contribution in [0.3, 0.4) is 0 Å². The maximum Gasteiger partial charge on any atom is 0.335 e. The molecule has 4 rings (SSSR count). The van der Waals surface area contributed by atoms with Gasteiger partial charge in [0.15, 0.2) is 11.9 Å². The van der Waals surface area contributed by atoms with Gasteiger partial charge < -0.3 is 14.7 Å². The van der Waals surface area contributed by atoms with Crippen LogP contribution in [0.2, 0.25) is 0 Å². The molecule has 8 heteroatoms. The van der Waals surface area contributed by atoms with Crippen LogP contribution >= 0.6 is 0 Å². The third-order valence-corrected chi connectivity index (χ3v) is 4.39. The summed E-state index contributed by atoms with van der Waals surface area (Å²) in [7, 11) is 0. The third-order valence-electron chi connectivity index (χ3n) is 4.39. The Morgan fingerprint density at radius 3 is 2.54 bits per heavy atom. The first-order valence-electron chi connectivity index (χ1n) is 8.18. The van der Waals surface area contributed by atoms with Gasteiger partial charge in [0, 0.05) is 18.7 Å². The van der Waals surface area contributed by atoms with Gasteiger partial charge in [0.1, 0.15) is 11.4 Å². The van der Waals surface area contributed by atoms with E-state index in [9.17, 15) is 9.59 Å². The normalized spacial score (nSPS) is 14.5. The van der Waals surface area contributed by atoms with Crippen molar-refractivity contribution in [3.05, 3.63) is 47.8 Å². The highest BCUT2D eigenvalue weighted by atomic mass is 16.5. The van der Waals surface area contributed by atoms with Crippen molar-refractivity contribution in [2.75, 3.05) is 31.2 Å². The summed E-state index contributed by atoms with van der Waals surface area (Å²) in [5.41, 5.74) is 3.14. The highest BCUT2D eigenvalue weighted by Gasteiger charge is 2.21. The van der Waals surface area contributed by atoms with E-state index in [0.29, 0.717) is 36.4 Å². The molecule has 3 aromatic rings. The Bertz CT molecular complexity index is 975. The molecule has 0 saturated carbocycles. The number of aldehydes is 1. The zero-order valence-electron chi connectivity index (χ0n) is 13.8. The molecule has 2 aromatic heterocycles. The number of carboxylic acids is 1. The first-order valence-corrected chi connectivity index (χ1v) is 8.18. The Morgan fingerprint density at radius 2 is 1.88 bits per heavy atom. The van der Waals surface area contributed by atoms with Gasteiger partial charge in [-0.15, -0.1) is 0 Å². The monoisotopic (exact) mass is 352 g/mol. The molecule has 1 fully saturated rings. The Hall–Kier alpha value is -3.26. The SMILES string of the molecule is O=Cc1nc2c(N3CCOCC3)ccnn2c1-c1ccc(C(=O)O)cc1. The standard InChI is InChI=1S/C18H16N4O4/c23-11-14-16(12-1-3-13(4-2-12)18(24)25)22-17(20-14)15(5-6-19-22)21-7-9-26-10-8-21/h1-6,11H,7-10H2,(H,24,25).